The lowest BCUT2D eigenvalue weighted by atomic mass is 9.92. The van der Waals surface area contributed by atoms with Gasteiger partial charge in [-0.2, -0.15) is 5.10 Å². The molecule has 326 valence electrons. The van der Waals surface area contributed by atoms with Gasteiger partial charge < -0.3 is 30.9 Å². The number of rotatable bonds is 22. The zero-order valence-electron chi connectivity index (χ0n) is 39.0. The first kappa shape index (κ1) is 56.7. The highest BCUT2D eigenvalue weighted by Crippen LogP contribution is 2.19. The number of hydrogen-bond donors (Lipinski definition) is 4. The lowest BCUT2D eigenvalue weighted by Crippen LogP contribution is -2.55. The first-order valence-electron chi connectivity index (χ1n) is 21.8. The topological polar surface area (TPSA) is 130 Å². The van der Waals surface area contributed by atoms with Gasteiger partial charge in [0.05, 0.1) is 18.2 Å². The summed E-state index contributed by atoms with van der Waals surface area (Å²) in [5.41, 5.74) is 1.82. The van der Waals surface area contributed by atoms with Crippen molar-refractivity contribution in [1.82, 2.24) is 30.8 Å². The summed E-state index contributed by atoms with van der Waals surface area (Å²) < 4.78 is 0. The molecule has 55 heavy (non-hydrogen) atoms. The number of hydrazone groups is 1. The Morgan fingerprint density at radius 3 is 1.76 bits per heavy atom. The molecule has 0 radical (unpaired) electrons. The fourth-order valence-corrected chi connectivity index (χ4v) is 6.00. The monoisotopic (exact) mass is 782 g/mol. The molecule has 1 aliphatic heterocycles. The van der Waals surface area contributed by atoms with Crippen LogP contribution in [-0.4, -0.2) is 113 Å². The van der Waals surface area contributed by atoms with Crippen LogP contribution in [0.5, 0.6) is 0 Å². The minimum atomic E-state index is -0.794. The van der Waals surface area contributed by atoms with E-state index in [1.807, 2.05) is 53.5 Å². The molecule has 1 saturated heterocycles. The maximum absolute atomic E-state index is 13.3. The molecule has 0 aromatic rings. The van der Waals surface area contributed by atoms with Gasteiger partial charge in [0.25, 0.3) is 0 Å². The number of aliphatic hydroxyl groups is 1. The van der Waals surface area contributed by atoms with Crippen LogP contribution in [0.2, 0.25) is 0 Å². The van der Waals surface area contributed by atoms with Gasteiger partial charge in [0.1, 0.15) is 6.04 Å². The van der Waals surface area contributed by atoms with Gasteiger partial charge in [-0.3, -0.25) is 19.4 Å². The van der Waals surface area contributed by atoms with E-state index in [0.29, 0.717) is 43.6 Å². The van der Waals surface area contributed by atoms with E-state index < -0.39 is 18.1 Å². The van der Waals surface area contributed by atoms with Gasteiger partial charge in [0, 0.05) is 63.0 Å². The largest absolute Gasteiger partial charge is 0.391 e. The summed E-state index contributed by atoms with van der Waals surface area (Å²) in [7, 11) is 2.05. The number of aliphatic hydroxyl groups excluding tert-OH is 1. The second-order valence-electron chi connectivity index (χ2n) is 16.0. The highest BCUT2D eigenvalue weighted by atomic mass is 16.3. The standard InChI is InChI=1S/C31H59N5O4.C9H20N2.2C2H6/c1-10-11-12-26(33-25(8)37)24(7)32-27(14-13-21(2)3)29(38)20-23(6)30(39)34-28(19-22(4)5)31(40)36-17-15-35(9)16-18-36;1-6-7-11(9(4)5)10-8(2)3;2*1-2/h21-23,26-29,32,38H,7,10-20H2,1-6,8-9H3,(H,33,37)(H,34,39);9H,6-7H2,1-5H3;2*1-2H3/t23?,26?,27-,28-,29?;;;/m0.../s1. The molecule has 0 aliphatic carbocycles. The Balaban J connectivity index is -0.00000152. The molecule has 5 atom stereocenters. The summed E-state index contributed by atoms with van der Waals surface area (Å²) in [5, 5.41) is 27.2. The summed E-state index contributed by atoms with van der Waals surface area (Å²) in [6.45, 7) is 40.6. The Bertz CT molecular complexity index is 1040. The molecule has 1 fully saturated rings. The predicted octanol–water partition coefficient (Wildman–Crippen LogP) is 7.84. The Hall–Kier alpha value is -2.66. The van der Waals surface area contributed by atoms with E-state index in [1.165, 1.54) is 6.92 Å². The average molecular weight is 782 g/mol. The smallest absolute Gasteiger partial charge is 0.245 e. The van der Waals surface area contributed by atoms with Gasteiger partial charge in [0.15, 0.2) is 0 Å². The van der Waals surface area contributed by atoms with Crippen LogP contribution in [0.25, 0.3) is 0 Å². The first-order chi connectivity index (χ1) is 25.8. The van der Waals surface area contributed by atoms with Crippen molar-refractivity contribution in [1.29, 1.82) is 0 Å². The molecule has 11 nitrogen and oxygen atoms in total. The molecule has 0 saturated carbocycles. The molecule has 0 spiro atoms. The summed E-state index contributed by atoms with van der Waals surface area (Å²) >= 11 is 0. The SMILES string of the molecule is C=C(N[C@@H](CCC(C)C)C(O)CC(C)C(=O)N[C@@H](CC(C)C)C(=O)N1CCN(C)CC1)C(CCCC)NC(C)=O.CC.CC.CCCN(N=C(C)C)C(C)C. The normalized spacial score (nSPS) is 15.4. The van der Waals surface area contributed by atoms with Gasteiger partial charge in [-0.05, 0) is 85.1 Å². The quantitative estimate of drug-likeness (QED) is 0.0651. The third-order valence-electron chi connectivity index (χ3n) is 9.09. The van der Waals surface area contributed by atoms with E-state index in [4.69, 9.17) is 0 Å². The fourth-order valence-electron chi connectivity index (χ4n) is 6.00. The Morgan fingerprint density at radius 1 is 0.764 bits per heavy atom. The van der Waals surface area contributed by atoms with Crippen molar-refractivity contribution in [2.75, 3.05) is 39.8 Å². The number of hydrogen-bond acceptors (Lipinski definition) is 8. The van der Waals surface area contributed by atoms with Crippen LogP contribution in [0.4, 0.5) is 0 Å². The molecule has 1 rings (SSSR count). The number of piperazine rings is 1. The molecule has 0 bridgehead atoms. The first-order valence-corrected chi connectivity index (χ1v) is 21.8. The number of carbonyl (C=O) groups excluding carboxylic acids is 3. The van der Waals surface area contributed by atoms with Gasteiger partial charge >= 0.3 is 0 Å². The lowest BCUT2D eigenvalue weighted by molar-refractivity contribution is -0.139. The summed E-state index contributed by atoms with van der Waals surface area (Å²) in [4.78, 5) is 42.4. The Kier molecular flexibility index (Phi) is 34.5. The van der Waals surface area contributed by atoms with Gasteiger partial charge in [-0.25, -0.2) is 0 Å². The molecule has 0 aromatic carbocycles. The maximum Gasteiger partial charge on any atom is 0.245 e. The molecular weight excluding hydrogens is 691 g/mol. The van der Waals surface area contributed by atoms with E-state index in [9.17, 15) is 19.5 Å². The second kappa shape index (κ2) is 33.5. The number of amides is 3. The number of nitrogens with zero attached hydrogens (tertiary/aromatic N) is 4. The van der Waals surface area contributed by atoms with E-state index in [1.54, 1.807) is 6.92 Å². The highest BCUT2D eigenvalue weighted by Gasteiger charge is 2.31. The zero-order chi connectivity index (χ0) is 43.3. The number of nitrogens with one attached hydrogen (secondary N) is 3. The van der Waals surface area contributed by atoms with Crippen molar-refractivity contribution in [2.24, 2.45) is 22.9 Å². The van der Waals surface area contributed by atoms with Crippen molar-refractivity contribution in [3.63, 3.8) is 0 Å². The zero-order valence-corrected chi connectivity index (χ0v) is 39.0. The van der Waals surface area contributed by atoms with E-state index in [0.717, 1.165) is 57.5 Å². The summed E-state index contributed by atoms with van der Waals surface area (Å²) in [6.07, 6.45) is 5.54. The fraction of sp³-hybridized carbons (Fsp3) is 0.864. The molecule has 3 unspecified atom stereocenters. The molecule has 11 heteroatoms. The molecule has 1 heterocycles. The minimum Gasteiger partial charge on any atom is -0.391 e. The lowest BCUT2D eigenvalue weighted by Gasteiger charge is -2.35. The van der Waals surface area contributed by atoms with Crippen LogP contribution in [-0.2, 0) is 14.4 Å². The molecular formula is C44H91N7O4. The third-order valence-corrected chi connectivity index (χ3v) is 9.09. The van der Waals surface area contributed by atoms with Crippen LogP contribution in [0.3, 0.4) is 0 Å². The summed E-state index contributed by atoms with van der Waals surface area (Å²) in [5.74, 6) is -0.125. The Morgan fingerprint density at radius 2 is 1.33 bits per heavy atom. The third kappa shape index (κ3) is 27.6. The predicted molar refractivity (Wildman–Crippen MR) is 236 cm³/mol. The average Bonchev–Trinajstić information content (AvgIpc) is 3.12. The van der Waals surface area contributed by atoms with E-state index in [2.05, 4.69) is 92.9 Å². The van der Waals surface area contributed by atoms with Gasteiger partial charge in [-0.1, -0.05) is 95.6 Å². The summed E-state index contributed by atoms with van der Waals surface area (Å²) in [6, 6.07) is -0.572. The van der Waals surface area contributed by atoms with Crippen LogP contribution >= 0.6 is 0 Å². The maximum atomic E-state index is 13.3. The van der Waals surface area contributed by atoms with Crippen molar-refractivity contribution in [3.8, 4) is 0 Å². The van der Waals surface area contributed by atoms with Gasteiger partial charge in [-0.15, -0.1) is 0 Å². The van der Waals surface area contributed by atoms with E-state index in [-0.39, 0.29) is 42.1 Å². The number of unbranched alkanes of at least 4 members (excludes halogenated alkanes) is 1. The van der Waals surface area contributed by atoms with E-state index >= 15 is 0 Å². The Labute approximate surface area is 340 Å². The molecule has 3 amide bonds. The molecule has 0 aromatic heterocycles. The number of likely N-dealkylation sites (N-methyl/N-ethyl adjacent to an activating group) is 1. The molecule has 4 N–H and O–H groups in total. The van der Waals surface area contributed by atoms with Crippen LogP contribution < -0.4 is 16.0 Å². The van der Waals surface area contributed by atoms with Gasteiger partial charge in [0.2, 0.25) is 17.7 Å². The highest BCUT2D eigenvalue weighted by molar-refractivity contribution is 5.88. The van der Waals surface area contributed by atoms with Crippen LogP contribution in [0, 0.1) is 17.8 Å². The van der Waals surface area contributed by atoms with Crippen LogP contribution in [0.1, 0.15) is 162 Å². The van der Waals surface area contributed by atoms with Crippen molar-refractivity contribution < 1.29 is 19.5 Å². The number of carbonyl (C=O) groups is 3. The van der Waals surface area contributed by atoms with Crippen molar-refractivity contribution >= 4 is 23.4 Å². The van der Waals surface area contributed by atoms with Crippen LogP contribution in [0.15, 0.2) is 17.4 Å². The second-order valence-corrected chi connectivity index (χ2v) is 16.0. The minimum absolute atomic E-state index is 0.0215. The molecule has 1 aliphatic rings. The van der Waals surface area contributed by atoms with Crippen molar-refractivity contribution in [2.45, 2.75) is 192 Å². The van der Waals surface area contributed by atoms with Crippen molar-refractivity contribution in [3.05, 3.63) is 12.3 Å².